The molecule has 1 aliphatic rings. The maximum atomic E-state index is 13.0. The summed E-state index contributed by atoms with van der Waals surface area (Å²) in [7, 11) is 6.16. The monoisotopic (exact) mass is 456 g/mol. The van der Waals surface area contributed by atoms with Gasteiger partial charge in [0.05, 0.1) is 17.4 Å². The number of benzene rings is 1. The predicted octanol–water partition coefficient (Wildman–Crippen LogP) is 3.21. The van der Waals surface area contributed by atoms with Crippen LogP contribution < -0.4 is 10.2 Å². The Hall–Kier alpha value is -3.85. The molecule has 0 unspecified atom stereocenters. The summed E-state index contributed by atoms with van der Waals surface area (Å²) in [6.07, 6.45) is 9.13. The Morgan fingerprint density at radius 1 is 1.06 bits per heavy atom. The number of fused-ring (bicyclic) bond motifs is 1. The van der Waals surface area contributed by atoms with E-state index in [1.165, 1.54) is 0 Å². The van der Waals surface area contributed by atoms with Gasteiger partial charge in [0.2, 0.25) is 0 Å². The summed E-state index contributed by atoms with van der Waals surface area (Å²) in [5, 5.41) is 17.2. The van der Waals surface area contributed by atoms with E-state index in [9.17, 15) is 4.79 Å². The summed E-state index contributed by atoms with van der Waals surface area (Å²) in [6, 6.07) is 10.0. The molecule has 0 bridgehead atoms. The summed E-state index contributed by atoms with van der Waals surface area (Å²) >= 11 is 0. The van der Waals surface area contributed by atoms with Crippen molar-refractivity contribution in [3.63, 3.8) is 0 Å². The van der Waals surface area contributed by atoms with Crippen molar-refractivity contribution >= 4 is 28.3 Å². The average molecular weight is 457 g/mol. The van der Waals surface area contributed by atoms with Crippen molar-refractivity contribution in [2.75, 3.05) is 37.4 Å². The minimum Gasteiger partial charge on any atom is -0.368 e. The normalized spacial score (nSPS) is 14.6. The second kappa shape index (κ2) is 9.18. The molecule has 174 valence electrons. The number of hydrogen-bond donors (Lipinski definition) is 1. The van der Waals surface area contributed by atoms with Crippen molar-refractivity contribution in [2.24, 2.45) is 7.05 Å². The maximum absolute atomic E-state index is 13.0. The van der Waals surface area contributed by atoms with Crippen molar-refractivity contribution in [2.45, 2.75) is 18.9 Å². The van der Waals surface area contributed by atoms with Crippen LogP contribution in [-0.2, 0) is 7.05 Å². The van der Waals surface area contributed by atoms with Crippen molar-refractivity contribution in [3.05, 3.63) is 60.7 Å². The fourth-order valence-corrected chi connectivity index (χ4v) is 4.53. The number of pyridine rings is 1. The zero-order valence-electron chi connectivity index (χ0n) is 19.6. The lowest BCUT2D eigenvalue weighted by atomic mass is 10.0. The number of nitrogens with one attached hydrogen (secondary N) is 1. The molecule has 9 nitrogen and oxygen atoms in total. The number of rotatable bonds is 5. The first-order valence-electron chi connectivity index (χ1n) is 11.4. The zero-order chi connectivity index (χ0) is 23.7. The van der Waals surface area contributed by atoms with Crippen LogP contribution in [0.3, 0.4) is 0 Å². The third kappa shape index (κ3) is 4.34. The van der Waals surface area contributed by atoms with Gasteiger partial charge in [-0.25, -0.2) is 0 Å². The number of piperidine rings is 1. The van der Waals surface area contributed by atoms with Crippen LogP contribution in [0.2, 0.25) is 0 Å². The molecule has 0 aliphatic carbocycles. The van der Waals surface area contributed by atoms with Crippen LogP contribution >= 0.6 is 0 Å². The van der Waals surface area contributed by atoms with Gasteiger partial charge < -0.3 is 15.1 Å². The third-order valence-corrected chi connectivity index (χ3v) is 6.46. The Morgan fingerprint density at radius 3 is 2.50 bits per heavy atom. The number of aryl methyl sites for hydroxylation is 1. The lowest BCUT2D eigenvalue weighted by Crippen LogP contribution is -2.42. The molecule has 9 heteroatoms. The molecule has 0 spiro atoms. The van der Waals surface area contributed by atoms with Crippen LogP contribution in [0.25, 0.3) is 22.0 Å². The molecule has 4 heterocycles. The Balaban J connectivity index is 1.58. The fourth-order valence-electron chi connectivity index (χ4n) is 4.53. The maximum Gasteiger partial charge on any atom is 0.257 e. The molecule has 1 amide bonds. The number of amides is 1. The quantitative estimate of drug-likeness (QED) is 0.493. The number of hydrogen-bond acceptors (Lipinski definition) is 7. The number of carbonyl (C=O) groups excluding carboxylic acids is 1. The van der Waals surface area contributed by atoms with E-state index in [4.69, 9.17) is 0 Å². The zero-order valence-corrected chi connectivity index (χ0v) is 19.6. The van der Waals surface area contributed by atoms with Crippen LogP contribution in [0.1, 0.15) is 23.2 Å². The van der Waals surface area contributed by atoms with Gasteiger partial charge >= 0.3 is 0 Å². The Bertz CT molecular complexity index is 1310. The van der Waals surface area contributed by atoms with Gasteiger partial charge in [-0.05, 0) is 56.8 Å². The van der Waals surface area contributed by atoms with Gasteiger partial charge in [0.15, 0.2) is 5.82 Å². The lowest BCUT2D eigenvalue weighted by molar-refractivity contribution is 0.102. The first-order valence-corrected chi connectivity index (χ1v) is 11.4. The molecular formula is C25H28N8O. The number of nitrogens with zero attached hydrogens (tertiary/aromatic N) is 7. The van der Waals surface area contributed by atoms with Gasteiger partial charge in [-0.3, -0.25) is 14.5 Å². The standard InChI is InChI=1S/C25H28N8O/c1-31(2)20-8-12-33(13-9-20)23-21-14-18(19-15-27-32(3)16-19)4-5-22(21)29-30-24(23)28-25(34)17-6-10-26-11-7-17/h4-7,10-11,14-16,20H,8-9,12-13H2,1-3H3,(H,28,30,34). The van der Waals surface area contributed by atoms with Crippen LogP contribution in [0, 0.1) is 0 Å². The van der Waals surface area contributed by atoms with E-state index in [0.717, 1.165) is 53.6 Å². The molecule has 1 N–H and O–H groups in total. The van der Waals surface area contributed by atoms with Crippen molar-refractivity contribution in [1.29, 1.82) is 0 Å². The Labute approximate surface area is 198 Å². The second-order valence-electron chi connectivity index (χ2n) is 8.90. The van der Waals surface area contributed by atoms with Crippen LogP contribution in [0.15, 0.2) is 55.1 Å². The summed E-state index contributed by atoms with van der Waals surface area (Å²) in [5.74, 6) is 0.241. The van der Waals surface area contributed by atoms with E-state index < -0.39 is 0 Å². The Morgan fingerprint density at radius 2 is 1.82 bits per heavy atom. The molecule has 3 aromatic heterocycles. The SMILES string of the molecule is CN(C)C1CCN(c2c(NC(=O)c3ccncc3)nnc3ccc(-c4cnn(C)c4)cc23)CC1. The largest absolute Gasteiger partial charge is 0.368 e. The van der Waals surface area contributed by atoms with Gasteiger partial charge in [-0.15, -0.1) is 10.2 Å². The van der Waals surface area contributed by atoms with Crippen LogP contribution in [0.5, 0.6) is 0 Å². The van der Waals surface area contributed by atoms with E-state index in [1.807, 2.05) is 31.6 Å². The van der Waals surface area contributed by atoms with Gasteiger partial charge in [0.25, 0.3) is 5.91 Å². The highest BCUT2D eigenvalue weighted by Gasteiger charge is 2.26. The van der Waals surface area contributed by atoms with Crippen molar-refractivity contribution in [3.8, 4) is 11.1 Å². The van der Waals surface area contributed by atoms with E-state index in [1.54, 1.807) is 29.2 Å². The van der Waals surface area contributed by atoms with Gasteiger partial charge in [0, 0.05) is 61.3 Å². The number of anilines is 2. The minimum absolute atomic E-state index is 0.233. The summed E-state index contributed by atoms with van der Waals surface area (Å²) in [4.78, 5) is 21.6. The van der Waals surface area contributed by atoms with E-state index in [2.05, 4.69) is 55.6 Å². The summed E-state index contributed by atoms with van der Waals surface area (Å²) in [5.41, 5.74) is 4.30. The molecule has 1 saturated heterocycles. The van der Waals surface area contributed by atoms with E-state index in [-0.39, 0.29) is 5.91 Å². The Kier molecular flexibility index (Phi) is 5.93. The molecule has 4 aromatic rings. The first-order chi connectivity index (χ1) is 16.5. The molecular weight excluding hydrogens is 428 g/mol. The van der Waals surface area contributed by atoms with Gasteiger partial charge in [-0.1, -0.05) is 6.07 Å². The molecule has 0 saturated carbocycles. The molecule has 1 aliphatic heterocycles. The van der Waals surface area contributed by atoms with Crippen molar-refractivity contribution < 1.29 is 4.79 Å². The highest BCUT2D eigenvalue weighted by atomic mass is 16.1. The van der Waals surface area contributed by atoms with Gasteiger partial charge in [0.1, 0.15) is 0 Å². The molecule has 1 fully saturated rings. The first kappa shape index (κ1) is 22.0. The molecule has 5 rings (SSSR count). The molecule has 0 atom stereocenters. The highest BCUT2D eigenvalue weighted by Crippen LogP contribution is 2.36. The van der Waals surface area contributed by atoms with E-state index in [0.29, 0.717) is 17.4 Å². The summed E-state index contributed by atoms with van der Waals surface area (Å²) in [6.45, 7) is 1.75. The minimum atomic E-state index is -0.233. The number of carbonyl (C=O) groups is 1. The van der Waals surface area contributed by atoms with E-state index >= 15 is 0 Å². The second-order valence-corrected chi connectivity index (χ2v) is 8.90. The molecule has 1 aromatic carbocycles. The van der Waals surface area contributed by atoms with Gasteiger partial charge in [-0.2, -0.15) is 5.10 Å². The fraction of sp³-hybridized carbons (Fsp3) is 0.320. The third-order valence-electron chi connectivity index (χ3n) is 6.46. The van der Waals surface area contributed by atoms with Crippen molar-refractivity contribution in [1.82, 2.24) is 29.9 Å². The van der Waals surface area contributed by atoms with Crippen LogP contribution in [0.4, 0.5) is 11.5 Å². The average Bonchev–Trinajstić information content (AvgIpc) is 3.30. The van der Waals surface area contributed by atoms with Crippen LogP contribution in [-0.4, -0.2) is 69.0 Å². The molecule has 34 heavy (non-hydrogen) atoms. The summed E-state index contributed by atoms with van der Waals surface area (Å²) < 4.78 is 1.79. The topological polar surface area (TPSA) is 92.1 Å². The predicted molar refractivity (Wildman–Crippen MR) is 133 cm³/mol. The molecule has 0 radical (unpaired) electrons. The highest BCUT2D eigenvalue weighted by molar-refractivity contribution is 6.08. The number of aromatic nitrogens is 5. The lowest BCUT2D eigenvalue weighted by Gasteiger charge is -2.37. The smallest absolute Gasteiger partial charge is 0.257 e.